The third kappa shape index (κ3) is 4.90. The Bertz CT molecular complexity index is 593. The van der Waals surface area contributed by atoms with Crippen molar-refractivity contribution < 1.29 is 14.3 Å². The van der Waals surface area contributed by atoms with E-state index >= 15 is 0 Å². The molecule has 0 aliphatic carbocycles. The Kier molecular flexibility index (Phi) is 6.57. The van der Waals surface area contributed by atoms with E-state index < -0.39 is 23.8 Å². The van der Waals surface area contributed by atoms with Gasteiger partial charge >= 0.3 is 12.0 Å². The van der Waals surface area contributed by atoms with Gasteiger partial charge in [-0.15, -0.1) is 0 Å². The highest BCUT2D eigenvalue weighted by Crippen LogP contribution is 2.29. The third-order valence-electron chi connectivity index (χ3n) is 3.10. The average molecular weight is 302 g/mol. The molecule has 7 heteroatoms. The van der Waals surface area contributed by atoms with Gasteiger partial charge in [0, 0.05) is 11.6 Å². The van der Waals surface area contributed by atoms with E-state index in [4.69, 9.17) is 10.5 Å². The molecule has 0 bridgehead atoms. The number of methoxy groups -OCH3 is 1. The topological polar surface area (TPSA) is 118 Å². The van der Waals surface area contributed by atoms with Crippen LogP contribution in [0.25, 0.3) is 0 Å². The predicted octanol–water partition coefficient (Wildman–Crippen LogP) is 1.52. The van der Waals surface area contributed by atoms with Crippen molar-refractivity contribution in [2.45, 2.75) is 19.3 Å². The minimum absolute atomic E-state index is 0.303. The van der Waals surface area contributed by atoms with E-state index in [0.29, 0.717) is 12.1 Å². The molecular weight excluding hydrogens is 284 g/mol. The van der Waals surface area contributed by atoms with Crippen LogP contribution >= 0.6 is 0 Å². The monoisotopic (exact) mass is 302 g/mol. The first-order chi connectivity index (χ1) is 10.5. The number of esters is 1. The Morgan fingerprint density at radius 2 is 2.05 bits per heavy atom. The van der Waals surface area contributed by atoms with Crippen molar-refractivity contribution in [3.63, 3.8) is 0 Å². The van der Waals surface area contributed by atoms with Crippen molar-refractivity contribution in [3.05, 3.63) is 35.9 Å². The highest BCUT2D eigenvalue weighted by Gasteiger charge is 2.31. The lowest BCUT2D eigenvalue weighted by atomic mass is 9.83. The van der Waals surface area contributed by atoms with Gasteiger partial charge in [0.15, 0.2) is 5.92 Å². The predicted molar refractivity (Wildman–Crippen MR) is 80.7 cm³/mol. The molecule has 1 aromatic rings. The van der Waals surface area contributed by atoms with E-state index in [1.807, 2.05) is 36.4 Å². The molecule has 0 spiro atoms. The number of nitrogens with one attached hydrogen (secondary N) is 1. The zero-order chi connectivity index (χ0) is 16.5. The van der Waals surface area contributed by atoms with Gasteiger partial charge in [0.05, 0.1) is 13.2 Å². The van der Waals surface area contributed by atoms with Gasteiger partial charge in [-0.25, -0.2) is 10.2 Å². The van der Waals surface area contributed by atoms with E-state index in [1.165, 1.54) is 7.11 Å². The molecule has 1 rings (SSSR count). The molecule has 3 N–H and O–H groups in total. The van der Waals surface area contributed by atoms with Gasteiger partial charge < -0.3 is 10.5 Å². The first-order valence-electron chi connectivity index (χ1n) is 6.60. The summed E-state index contributed by atoms with van der Waals surface area (Å²) in [6.45, 7) is 1.68. The number of urea groups is 1. The number of nitrogens with zero attached hydrogens (tertiary/aromatic N) is 2. The second kappa shape index (κ2) is 8.42. The molecular formula is C15H18N4O3. The van der Waals surface area contributed by atoms with Gasteiger partial charge in [0.2, 0.25) is 0 Å². The molecule has 0 heterocycles. The number of benzene rings is 1. The number of nitriles is 1. The molecule has 0 aliphatic rings. The zero-order valence-electron chi connectivity index (χ0n) is 12.4. The summed E-state index contributed by atoms with van der Waals surface area (Å²) in [4.78, 5) is 22.5. The molecule has 2 atom stereocenters. The summed E-state index contributed by atoms with van der Waals surface area (Å²) in [5, 5.41) is 13.1. The van der Waals surface area contributed by atoms with E-state index in [0.717, 1.165) is 5.56 Å². The molecule has 7 nitrogen and oxygen atoms in total. The smallest absolute Gasteiger partial charge is 0.332 e. The zero-order valence-corrected chi connectivity index (χ0v) is 12.4. The Labute approximate surface area is 128 Å². The maximum atomic E-state index is 11.8. The highest BCUT2D eigenvalue weighted by molar-refractivity contribution is 5.86. The molecule has 0 aliphatic heterocycles. The second-order valence-corrected chi connectivity index (χ2v) is 4.67. The number of hydrazone groups is 1. The Hall–Kier alpha value is -2.88. The van der Waals surface area contributed by atoms with Crippen molar-refractivity contribution in [2.75, 3.05) is 7.11 Å². The van der Waals surface area contributed by atoms with Crippen molar-refractivity contribution >= 4 is 17.7 Å². The quantitative estimate of drug-likeness (QED) is 0.470. The van der Waals surface area contributed by atoms with Crippen LogP contribution in [-0.4, -0.2) is 24.8 Å². The number of amides is 2. The number of primary amides is 1. The summed E-state index contributed by atoms with van der Waals surface area (Å²) >= 11 is 0. The van der Waals surface area contributed by atoms with E-state index in [2.05, 4.69) is 10.5 Å². The highest BCUT2D eigenvalue weighted by atomic mass is 16.5. The van der Waals surface area contributed by atoms with Crippen LogP contribution in [0.4, 0.5) is 4.79 Å². The normalized spacial score (nSPS) is 13.6. The van der Waals surface area contributed by atoms with Crippen LogP contribution in [0, 0.1) is 17.2 Å². The fourth-order valence-electron chi connectivity index (χ4n) is 2.08. The van der Waals surface area contributed by atoms with Crippen LogP contribution in [0.5, 0.6) is 0 Å². The molecule has 1 aromatic carbocycles. The average Bonchev–Trinajstić information content (AvgIpc) is 2.53. The van der Waals surface area contributed by atoms with Crippen molar-refractivity contribution in [3.8, 4) is 6.07 Å². The minimum Gasteiger partial charge on any atom is -0.468 e. The molecule has 0 fully saturated rings. The van der Waals surface area contributed by atoms with Gasteiger partial charge in [-0.2, -0.15) is 10.4 Å². The number of ether oxygens (including phenoxy) is 1. The molecule has 0 saturated heterocycles. The second-order valence-electron chi connectivity index (χ2n) is 4.67. The fraction of sp³-hybridized carbons (Fsp3) is 0.333. The van der Waals surface area contributed by atoms with Gasteiger partial charge in [0.1, 0.15) is 0 Å². The summed E-state index contributed by atoms with van der Waals surface area (Å²) < 4.78 is 4.69. The number of rotatable bonds is 6. The fourth-order valence-corrected chi connectivity index (χ4v) is 2.08. The Balaban J connectivity index is 3.07. The SMILES string of the molecule is COC(=O)C(C#N)C(C/C(C)=N/NC(N)=O)c1ccccc1. The Morgan fingerprint density at radius 3 is 2.55 bits per heavy atom. The summed E-state index contributed by atoms with van der Waals surface area (Å²) in [5.41, 5.74) is 8.44. The van der Waals surface area contributed by atoms with Crippen LogP contribution in [-0.2, 0) is 9.53 Å². The van der Waals surface area contributed by atoms with Gasteiger partial charge in [-0.1, -0.05) is 30.3 Å². The van der Waals surface area contributed by atoms with Crippen LogP contribution < -0.4 is 11.2 Å². The molecule has 0 saturated carbocycles. The lowest BCUT2D eigenvalue weighted by Crippen LogP contribution is -2.27. The van der Waals surface area contributed by atoms with Gasteiger partial charge in [0.25, 0.3) is 0 Å². The number of hydrogen-bond acceptors (Lipinski definition) is 5. The molecule has 2 amide bonds. The van der Waals surface area contributed by atoms with E-state index in [-0.39, 0.29) is 0 Å². The number of carbonyl (C=O) groups is 2. The lowest BCUT2D eigenvalue weighted by Gasteiger charge is -2.20. The third-order valence-corrected chi connectivity index (χ3v) is 3.10. The number of carbonyl (C=O) groups excluding carboxylic acids is 2. The summed E-state index contributed by atoms with van der Waals surface area (Å²) in [7, 11) is 1.24. The van der Waals surface area contributed by atoms with E-state index in [9.17, 15) is 14.9 Å². The summed E-state index contributed by atoms with van der Waals surface area (Å²) in [6, 6.07) is 10.3. The lowest BCUT2D eigenvalue weighted by molar-refractivity contribution is -0.144. The van der Waals surface area contributed by atoms with Crippen LogP contribution in [0.1, 0.15) is 24.8 Å². The maximum Gasteiger partial charge on any atom is 0.332 e. The largest absolute Gasteiger partial charge is 0.468 e. The van der Waals surface area contributed by atoms with Crippen LogP contribution in [0.2, 0.25) is 0 Å². The molecule has 2 unspecified atom stereocenters. The maximum absolute atomic E-state index is 11.8. The standard InChI is InChI=1S/C15H18N4O3/c1-10(18-19-15(17)21)8-12(11-6-4-3-5-7-11)13(9-16)14(20)22-2/h3-7,12-13H,8H2,1-2H3,(H3,17,19,21)/b18-10+. The van der Waals surface area contributed by atoms with Gasteiger partial charge in [-0.05, 0) is 18.9 Å². The first kappa shape index (κ1) is 17.2. The van der Waals surface area contributed by atoms with Gasteiger partial charge in [-0.3, -0.25) is 4.79 Å². The Morgan fingerprint density at radius 1 is 1.41 bits per heavy atom. The van der Waals surface area contributed by atoms with Crippen LogP contribution in [0.15, 0.2) is 35.4 Å². The molecule has 116 valence electrons. The van der Waals surface area contributed by atoms with Crippen molar-refractivity contribution in [1.82, 2.24) is 5.43 Å². The molecule has 22 heavy (non-hydrogen) atoms. The van der Waals surface area contributed by atoms with Crippen molar-refractivity contribution in [2.24, 2.45) is 16.8 Å². The molecule has 0 radical (unpaired) electrons. The van der Waals surface area contributed by atoms with E-state index in [1.54, 1.807) is 6.92 Å². The molecule has 0 aromatic heterocycles. The first-order valence-corrected chi connectivity index (χ1v) is 6.60. The van der Waals surface area contributed by atoms with Crippen LogP contribution in [0.3, 0.4) is 0 Å². The summed E-state index contributed by atoms with van der Waals surface area (Å²) in [5.74, 6) is -2.00. The summed E-state index contributed by atoms with van der Waals surface area (Å²) in [6.07, 6.45) is 0.303. The number of nitrogens with two attached hydrogens (primary N) is 1. The minimum atomic E-state index is -0.967. The van der Waals surface area contributed by atoms with Crippen molar-refractivity contribution in [1.29, 1.82) is 5.26 Å². The number of hydrogen-bond donors (Lipinski definition) is 2.